The minimum Gasteiger partial charge on any atom is -0.383 e. The number of aromatic nitrogens is 3. The summed E-state index contributed by atoms with van der Waals surface area (Å²) in [6.45, 7) is 1.23. The van der Waals surface area contributed by atoms with Crippen LogP contribution in [0.4, 0.5) is 8.78 Å². The van der Waals surface area contributed by atoms with Crippen molar-refractivity contribution in [3.8, 4) is 0 Å². The van der Waals surface area contributed by atoms with Crippen molar-refractivity contribution in [2.75, 3.05) is 0 Å². The van der Waals surface area contributed by atoms with E-state index in [-0.39, 0.29) is 12.1 Å². The van der Waals surface area contributed by atoms with Crippen LogP contribution in [-0.4, -0.2) is 25.9 Å². The Labute approximate surface area is 118 Å². The average Bonchev–Trinajstić information content (AvgIpc) is 2.91. The first-order valence-corrected chi connectivity index (χ1v) is 6.02. The van der Waals surface area contributed by atoms with Gasteiger partial charge in [-0.25, -0.2) is 18.4 Å². The first-order chi connectivity index (χ1) is 9.97. The molecule has 0 aliphatic rings. The highest BCUT2D eigenvalue weighted by Gasteiger charge is 2.38. The fraction of sp³-hybridized carbons (Fsp3) is 0.333. The Morgan fingerprint density at radius 1 is 1.52 bits per heavy atom. The van der Waals surface area contributed by atoms with E-state index in [1.165, 1.54) is 24.3 Å². The predicted molar refractivity (Wildman–Crippen MR) is 68.9 cm³/mol. The van der Waals surface area contributed by atoms with Crippen LogP contribution in [0.25, 0.3) is 10.4 Å². The van der Waals surface area contributed by atoms with Gasteiger partial charge in [-0.15, -0.1) is 0 Å². The Morgan fingerprint density at radius 2 is 2.29 bits per heavy atom. The number of benzene rings is 1. The Kier molecular flexibility index (Phi) is 4.15. The molecule has 110 valence electrons. The van der Waals surface area contributed by atoms with Crippen molar-refractivity contribution >= 4 is 0 Å². The van der Waals surface area contributed by atoms with Gasteiger partial charge in [0.1, 0.15) is 29.9 Å². The Hall–Kier alpha value is -2.51. The Balaban J connectivity index is 2.51. The van der Waals surface area contributed by atoms with E-state index in [0.29, 0.717) is 6.07 Å². The van der Waals surface area contributed by atoms with Gasteiger partial charge in [0.2, 0.25) is 0 Å². The molecule has 9 heteroatoms. The lowest BCUT2D eigenvalue weighted by Gasteiger charge is -2.32. The third kappa shape index (κ3) is 2.99. The largest absolute Gasteiger partial charge is 0.383 e. The topological polar surface area (TPSA) is 99.7 Å². The molecule has 0 saturated carbocycles. The van der Waals surface area contributed by atoms with Crippen molar-refractivity contribution in [3.05, 3.63) is 58.5 Å². The van der Waals surface area contributed by atoms with Crippen molar-refractivity contribution < 1.29 is 13.9 Å². The number of nitrogens with zero attached hydrogens (tertiary/aromatic N) is 6. The molecule has 0 amide bonds. The summed E-state index contributed by atoms with van der Waals surface area (Å²) in [4.78, 5) is 6.35. The van der Waals surface area contributed by atoms with Crippen LogP contribution in [0.1, 0.15) is 12.5 Å². The second kappa shape index (κ2) is 5.86. The highest BCUT2D eigenvalue weighted by atomic mass is 19.1. The Bertz CT molecular complexity index is 670. The normalized spacial score (nSPS) is 15.0. The maximum atomic E-state index is 14.0. The lowest BCUT2D eigenvalue weighted by Crippen LogP contribution is -2.41. The fourth-order valence-electron chi connectivity index (χ4n) is 2.02. The molecule has 0 aliphatic heterocycles. The zero-order valence-electron chi connectivity index (χ0n) is 11.1. The van der Waals surface area contributed by atoms with Gasteiger partial charge in [0.05, 0.1) is 12.6 Å². The summed E-state index contributed by atoms with van der Waals surface area (Å²) < 4.78 is 28.3. The molecule has 2 aromatic rings. The molecule has 1 unspecified atom stereocenters. The minimum absolute atomic E-state index is 0.181. The van der Waals surface area contributed by atoms with Gasteiger partial charge in [0.25, 0.3) is 0 Å². The van der Waals surface area contributed by atoms with E-state index in [1.54, 1.807) is 0 Å². The zero-order chi connectivity index (χ0) is 15.5. The van der Waals surface area contributed by atoms with E-state index >= 15 is 0 Å². The second-order valence-electron chi connectivity index (χ2n) is 4.52. The molecule has 21 heavy (non-hydrogen) atoms. The van der Waals surface area contributed by atoms with E-state index in [1.807, 2.05) is 0 Å². The lowest BCUT2D eigenvalue weighted by molar-refractivity contribution is -0.00836. The maximum Gasteiger partial charge on any atom is 0.137 e. The summed E-state index contributed by atoms with van der Waals surface area (Å²) in [6, 6.07) is 1.79. The molecular weight excluding hydrogens is 282 g/mol. The summed E-state index contributed by atoms with van der Waals surface area (Å²) in [5, 5.41) is 18.1. The van der Waals surface area contributed by atoms with E-state index in [4.69, 9.17) is 5.53 Å². The molecule has 1 aromatic carbocycles. The summed E-state index contributed by atoms with van der Waals surface area (Å²) in [5.74, 6) is -1.70. The van der Waals surface area contributed by atoms with E-state index < -0.39 is 23.3 Å². The molecule has 1 heterocycles. The highest BCUT2D eigenvalue weighted by molar-refractivity contribution is 5.27. The number of aliphatic hydroxyl groups is 1. The van der Waals surface area contributed by atoms with Crippen molar-refractivity contribution in [2.45, 2.75) is 25.1 Å². The summed E-state index contributed by atoms with van der Waals surface area (Å²) in [5.41, 5.74) is 6.47. The third-order valence-electron chi connectivity index (χ3n) is 3.18. The van der Waals surface area contributed by atoms with E-state index in [2.05, 4.69) is 20.1 Å². The molecule has 2 rings (SSSR count). The van der Waals surface area contributed by atoms with Gasteiger partial charge < -0.3 is 5.11 Å². The second-order valence-corrected chi connectivity index (χ2v) is 4.52. The van der Waals surface area contributed by atoms with Crippen LogP contribution in [0, 0.1) is 11.6 Å². The molecule has 0 aliphatic carbocycles. The third-order valence-corrected chi connectivity index (χ3v) is 3.18. The smallest absolute Gasteiger partial charge is 0.137 e. The van der Waals surface area contributed by atoms with Gasteiger partial charge in [-0.3, -0.25) is 0 Å². The number of hydrogen-bond acceptors (Lipinski definition) is 4. The summed E-state index contributed by atoms with van der Waals surface area (Å²) >= 11 is 0. The van der Waals surface area contributed by atoms with Crippen LogP contribution in [0.3, 0.4) is 0 Å². The lowest BCUT2D eigenvalue weighted by atomic mass is 9.87. The van der Waals surface area contributed by atoms with Gasteiger partial charge >= 0.3 is 0 Å². The van der Waals surface area contributed by atoms with Crippen molar-refractivity contribution in [1.29, 1.82) is 0 Å². The molecule has 2 atom stereocenters. The maximum absolute atomic E-state index is 14.0. The molecule has 0 fully saturated rings. The van der Waals surface area contributed by atoms with Crippen LogP contribution >= 0.6 is 0 Å². The van der Waals surface area contributed by atoms with Gasteiger partial charge in [-0.1, -0.05) is 18.1 Å². The fourth-order valence-corrected chi connectivity index (χ4v) is 2.02. The first kappa shape index (κ1) is 14.9. The minimum atomic E-state index is -1.89. The molecule has 0 spiro atoms. The summed E-state index contributed by atoms with van der Waals surface area (Å²) in [6.07, 6.45) is 2.58. The monoisotopic (exact) mass is 294 g/mol. The van der Waals surface area contributed by atoms with E-state index in [9.17, 15) is 13.9 Å². The first-order valence-electron chi connectivity index (χ1n) is 6.02. The number of halogens is 2. The molecule has 0 saturated heterocycles. The van der Waals surface area contributed by atoms with Gasteiger partial charge in [-0.05, 0) is 11.6 Å². The molecule has 1 N–H and O–H groups in total. The quantitative estimate of drug-likeness (QED) is 0.519. The molecular formula is C12H12F2N6O. The highest BCUT2D eigenvalue weighted by Crippen LogP contribution is 2.31. The van der Waals surface area contributed by atoms with Gasteiger partial charge in [-0.2, -0.15) is 5.10 Å². The standard InChI is InChI=1S/C12H12F2N6O/c1-8(18-19-15)12(21,5-20-7-16-6-17-20)10-3-2-9(13)4-11(10)14/h2-4,6-8,21H,5H2,1H3/t8?,12-/m1/s1. The molecule has 0 bridgehead atoms. The molecule has 7 nitrogen and oxygen atoms in total. The SMILES string of the molecule is CC(N=[N+]=[N-])[C@](O)(Cn1cncn1)c1ccc(F)cc1F. The van der Waals surface area contributed by atoms with Crippen LogP contribution in [0.5, 0.6) is 0 Å². The van der Waals surface area contributed by atoms with Crippen LogP contribution in [0.15, 0.2) is 36.0 Å². The number of hydrogen-bond donors (Lipinski definition) is 1. The summed E-state index contributed by atoms with van der Waals surface area (Å²) in [7, 11) is 0. The number of azide groups is 1. The van der Waals surface area contributed by atoms with E-state index in [0.717, 1.165) is 12.1 Å². The van der Waals surface area contributed by atoms with Crippen LogP contribution < -0.4 is 0 Å². The van der Waals surface area contributed by atoms with Gasteiger partial charge in [0, 0.05) is 16.5 Å². The number of rotatable bonds is 5. The molecule has 0 radical (unpaired) electrons. The van der Waals surface area contributed by atoms with Crippen molar-refractivity contribution in [3.63, 3.8) is 0 Å². The van der Waals surface area contributed by atoms with Crippen LogP contribution in [0.2, 0.25) is 0 Å². The van der Waals surface area contributed by atoms with Gasteiger partial charge in [0.15, 0.2) is 0 Å². The molecule has 1 aromatic heterocycles. The Morgan fingerprint density at radius 3 is 2.86 bits per heavy atom. The van der Waals surface area contributed by atoms with Crippen molar-refractivity contribution in [1.82, 2.24) is 14.8 Å². The van der Waals surface area contributed by atoms with Crippen molar-refractivity contribution in [2.24, 2.45) is 5.11 Å². The van der Waals surface area contributed by atoms with Crippen LogP contribution in [-0.2, 0) is 12.1 Å². The predicted octanol–water partition coefficient (Wildman–Crippen LogP) is 2.14. The average molecular weight is 294 g/mol. The zero-order valence-corrected chi connectivity index (χ0v) is 11.1.